The number of benzene rings is 1. The molecular formula is C30H26N4O4. The normalized spacial score (nSPS) is 12.3. The molecule has 0 spiro atoms. The molecule has 0 fully saturated rings. The van der Waals surface area contributed by atoms with Crippen LogP contribution in [0.1, 0.15) is 28.3 Å². The van der Waals surface area contributed by atoms with Crippen LogP contribution in [0.4, 0.5) is 0 Å². The van der Waals surface area contributed by atoms with Crippen molar-refractivity contribution >= 4 is 45.9 Å². The second-order valence-electron chi connectivity index (χ2n) is 8.75. The van der Waals surface area contributed by atoms with E-state index < -0.39 is 0 Å². The minimum absolute atomic E-state index is 0.561. The van der Waals surface area contributed by atoms with Gasteiger partial charge in [-0.25, -0.2) is 9.97 Å². The zero-order chi connectivity index (χ0) is 26.2. The number of nitrogens with zero attached hydrogens (tertiary/aromatic N) is 2. The van der Waals surface area contributed by atoms with Crippen molar-refractivity contribution in [3.63, 3.8) is 0 Å². The molecule has 1 aromatic carbocycles. The molecule has 0 amide bonds. The van der Waals surface area contributed by atoms with Crippen LogP contribution in [0.5, 0.6) is 23.0 Å². The van der Waals surface area contributed by atoms with E-state index in [9.17, 15) is 0 Å². The van der Waals surface area contributed by atoms with Gasteiger partial charge in [-0.1, -0.05) is 12.1 Å². The van der Waals surface area contributed by atoms with Crippen molar-refractivity contribution in [2.45, 2.75) is 0 Å². The van der Waals surface area contributed by atoms with Crippen molar-refractivity contribution in [3.05, 3.63) is 82.9 Å². The lowest BCUT2D eigenvalue weighted by molar-refractivity contribution is 0.408. The molecule has 2 N–H and O–H groups in total. The molecular weight excluding hydrogens is 480 g/mol. The largest absolute Gasteiger partial charge is 0.497 e. The Balaban J connectivity index is 1.73. The molecule has 0 aliphatic carbocycles. The third kappa shape index (κ3) is 3.96. The molecule has 8 nitrogen and oxygen atoms in total. The summed E-state index contributed by atoms with van der Waals surface area (Å²) in [6, 6.07) is 17.7. The lowest BCUT2D eigenvalue weighted by Crippen LogP contribution is -1.95. The lowest BCUT2D eigenvalue weighted by Gasteiger charge is -2.09. The maximum Gasteiger partial charge on any atom is 0.170 e. The first-order valence-electron chi connectivity index (χ1n) is 12.1. The highest BCUT2D eigenvalue weighted by molar-refractivity contribution is 5.96. The Morgan fingerprint density at radius 3 is 2.05 bits per heavy atom. The van der Waals surface area contributed by atoms with E-state index in [-0.39, 0.29) is 0 Å². The molecule has 0 saturated heterocycles. The van der Waals surface area contributed by atoms with Crippen LogP contribution in [0.25, 0.3) is 45.9 Å². The van der Waals surface area contributed by atoms with Crippen molar-refractivity contribution < 1.29 is 18.9 Å². The number of aromatic amines is 2. The number of methoxy groups -OCH3 is 4. The van der Waals surface area contributed by atoms with Gasteiger partial charge in [0.25, 0.3) is 0 Å². The van der Waals surface area contributed by atoms with E-state index in [0.717, 1.165) is 44.6 Å². The fourth-order valence-electron chi connectivity index (χ4n) is 4.80. The summed E-state index contributed by atoms with van der Waals surface area (Å²) in [5.74, 6) is 2.60. The molecule has 8 bridgehead atoms. The first-order valence-corrected chi connectivity index (χ1v) is 12.1. The number of rotatable bonds is 5. The third-order valence-corrected chi connectivity index (χ3v) is 6.53. The SMILES string of the molecule is COc1cccc(C2=Cc3cc4ccc([nH]4)c(OC)c4ccc([nH]4)c(OC)c4nc(c(OC)c2n3)C=C4)c1. The number of hydrogen-bond donors (Lipinski definition) is 2. The Labute approximate surface area is 219 Å². The zero-order valence-corrected chi connectivity index (χ0v) is 21.5. The number of hydrogen-bond acceptors (Lipinski definition) is 6. The Bertz CT molecular complexity index is 1780. The predicted octanol–water partition coefficient (Wildman–Crippen LogP) is 6.11. The van der Waals surface area contributed by atoms with Crippen molar-refractivity contribution in [2.75, 3.05) is 28.4 Å². The van der Waals surface area contributed by atoms with Crippen LogP contribution in [0.3, 0.4) is 0 Å². The second kappa shape index (κ2) is 9.48. The standard InChI is InChI=1S/C30H26N4O4/c1-35-20-7-5-6-17(14-20)21-16-19-15-18-8-9-22(31-18)28(36-2)23-10-11-24(33-23)29(37-3)25-12-13-26(34-25)30(38-4)27(21)32-19/h5-16,31,33H,1-4H3. The van der Waals surface area contributed by atoms with E-state index in [1.54, 1.807) is 28.4 Å². The first kappa shape index (κ1) is 23.4. The highest BCUT2D eigenvalue weighted by atomic mass is 16.5. The maximum atomic E-state index is 5.92. The van der Waals surface area contributed by atoms with Gasteiger partial charge in [-0.15, -0.1) is 0 Å². The van der Waals surface area contributed by atoms with E-state index in [1.165, 1.54) is 0 Å². The summed E-state index contributed by atoms with van der Waals surface area (Å²) in [4.78, 5) is 16.7. The lowest BCUT2D eigenvalue weighted by atomic mass is 10.0. The monoisotopic (exact) mass is 506 g/mol. The third-order valence-electron chi connectivity index (χ3n) is 6.53. The van der Waals surface area contributed by atoms with E-state index >= 15 is 0 Å². The molecule has 38 heavy (non-hydrogen) atoms. The van der Waals surface area contributed by atoms with Crippen LogP contribution in [0.2, 0.25) is 0 Å². The van der Waals surface area contributed by atoms with E-state index in [2.05, 4.69) is 9.97 Å². The molecule has 6 rings (SSSR count). The summed E-state index contributed by atoms with van der Waals surface area (Å²) in [7, 11) is 6.57. The molecule has 2 aliphatic rings. The Morgan fingerprint density at radius 2 is 1.32 bits per heavy atom. The number of ether oxygens (including phenoxy) is 4. The molecule has 0 saturated carbocycles. The van der Waals surface area contributed by atoms with Gasteiger partial charge in [-0.05, 0) is 66.3 Å². The van der Waals surface area contributed by atoms with E-state index in [1.807, 2.05) is 72.8 Å². The number of fused-ring (bicyclic) bond motifs is 8. The van der Waals surface area contributed by atoms with Gasteiger partial charge in [-0.3, -0.25) is 0 Å². The fourth-order valence-corrected chi connectivity index (χ4v) is 4.80. The van der Waals surface area contributed by atoms with Crippen molar-refractivity contribution in [3.8, 4) is 23.0 Å². The van der Waals surface area contributed by atoms with Crippen LogP contribution >= 0.6 is 0 Å². The molecule has 5 heterocycles. The number of nitrogens with one attached hydrogen (secondary N) is 2. The second-order valence-corrected chi connectivity index (χ2v) is 8.75. The van der Waals surface area contributed by atoms with Gasteiger partial charge < -0.3 is 28.9 Å². The molecule has 0 atom stereocenters. The summed E-state index contributed by atoms with van der Waals surface area (Å²) in [6.07, 6.45) is 5.85. The highest BCUT2D eigenvalue weighted by Crippen LogP contribution is 2.38. The molecule has 8 heteroatoms. The molecule has 190 valence electrons. The quantitative estimate of drug-likeness (QED) is 0.293. The summed E-state index contributed by atoms with van der Waals surface area (Å²) in [5, 5.41) is 0. The highest BCUT2D eigenvalue weighted by Gasteiger charge is 2.22. The Morgan fingerprint density at radius 1 is 0.632 bits per heavy atom. The van der Waals surface area contributed by atoms with E-state index in [4.69, 9.17) is 28.9 Å². The smallest absolute Gasteiger partial charge is 0.170 e. The number of aromatic nitrogens is 4. The average molecular weight is 507 g/mol. The molecule has 3 aromatic heterocycles. The van der Waals surface area contributed by atoms with Crippen molar-refractivity contribution in [1.82, 2.24) is 19.9 Å². The van der Waals surface area contributed by atoms with Crippen LogP contribution in [0.15, 0.2) is 54.6 Å². The van der Waals surface area contributed by atoms with Gasteiger partial charge in [0, 0.05) is 11.1 Å². The molecule has 0 radical (unpaired) electrons. The molecule has 2 aliphatic heterocycles. The summed E-state index contributed by atoms with van der Waals surface area (Å²) in [5.41, 5.74) is 7.92. The summed E-state index contributed by atoms with van der Waals surface area (Å²) < 4.78 is 23.0. The van der Waals surface area contributed by atoms with Gasteiger partial charge >= 0.3 is 0 Å². The van der Waals surface area contributed by atoms with Crippen molar-refractivity contribution in [1.29, 1.82) is 0 Å². The number of H-pyrrole nitrogens is 2. The van der Waals surface area contributed by atoms with Crippen LogP contribution in [0, 0.1) is 0 Å². The minimum Gasteiger partial charge on any atom is -0.497 e. The Hall–Kier alpha value is -4.98. The van der Waals surface area contributed by atoms with Crippen LogP contribution in [-0.4, -0.2) is 48.4 Å². The topological polar surface area (TPSA) is 94.3 Å². The zero-order valence-electron chi connectivity index (χ0n) is 21.5. The van der Waals surface area contributed by atoms with Gasteiger partial charge in [0.1, 0.15) is 22.8 Å². The average Bonchev–Trinajstić information content (AvgIpc) is 3.75. The van der Waals surface area contributed by atoms with Crippen LogP contribution < -0.4 is 18.9 Å². The summed E-state index contributed by atoms with van der Waals surface area (Å²) in [6.45, 7) is 0. The van der Waals surface area contributed by atoms with Gasteiger partial charge in [0.05, 0.1) is 50.7 Å². The van der Waals surface area contributed by atoms with Gasteiger partial charge in [0.2, 0.25) is 0 Å². The van der Waals surface area contributed by atoms with E-state index in [0.29, 0.717) is 34.3 Å². The predicted molar refractivity (Wildman–Crippen MR) is 150 cm³/mol. The molecule has 0 unspecified atom stereocenters. The van der Waals surface area contributed by atoms with Gasteiger partial charge in [0.15, 0.2) is 17.2 Å². The summed E-state index contributed by atoms with van der Waals surface area (Å²) >= 11 is 0. The van der Waals surface area contributed by atoms with Gasteiger partial charge in [-0.2, -0.15) is 0 Å². The maximum absolute atomic E-state index is 5.92. The Kier molecular flexibility index (Phi) is 5.84. The van der Waals surface area contributed by atoms with Crippen LogP contribution in [-0.2, 0) is 0 Å². The minimum atomic E-state index is 0.561. The van der Waals surface area contributed by atoms with Crippen molar-refractivity contribution in [2.24, 2.45) is 0 Å². The molecule has 4 aromatic rings. The first-order chi connectivity index (χ1) is 18.6. The fraction of sp³-hybridized carbons (Fsp3) is 0.133.